The van der Waals surface area contributed by atoms with Gasteiger partial charge in [-0.3, -0.25) is 9.59 Å². The number of amides is 3. The van der Waals surface area contributed by atoms with Crippen molar-refractivity contribution in [3.63, 3.8) is 0 Å². The number of hydrogen-bond acceptors (Lipinski definition) is 24. The van der Waals surface area contributed by atoms with Gasteiger partial charge in [-0.15, -0.1) is 0 Å². The Hall–Kier alpha value is -7.27. The van der Waals surface area contributed by atoms with E-state index in [2.05, 4.69) is 22.9 Å². The van der Waals surface area contributed by atoms with Crippen LogP contribution in [0.1, 0.15) is 135 Å². The van der Waals surface area contributed by atoms with E-state index >= 15 is 0 Å². The molecule has 7 heterocycles. The van der Waals surface area contributed by atoms with Crippen LogP contribution in [0.2, 0.25) is 0 Å². The molecule has 3 amide bonds. The zero-order valence-corrected chi connectivity index (χ0v) is 72.0. The molecule has 0 aromatic heterocycles. The van der Waals surface area contributed by atoms with Crippen molar-refractivity contribution in [2.75, 3.05) is 39.6 Å². The van der Waals surface area contributed by atoms with Crippen LogP contribution in [-0.4, -0.2) is 209 Å². The van der Waals surface area contributed by atoms with Crippen LogP contribution in [0.3, 0.4) is 0 Å². The Balaban J connectivity index is 0.854. The van der Waals surface area contributed by atoms with Gasteiger partial charge in [-0.05, 0) is 76.7 Å². The summed E-state index contributed by atoms with van der Waals surface area (Å²) in [5, 5.41) is 34.1. The molecular formula is C95H127N3O24. The zero-order valence-electron chi connectivity index (χ0n) is 72.0. The Morgan fingerprint density at radius 1 is 0.385 bits per heavy atom. The van der Waals surface area contributed by atoms with Gasteiger partial charge in [-0.2, -0.15) is 0 Å². The normalized spacial score (nSPS) is 35.4. The molecule has 0 bridgehead atoms. The van der Waals surface area contributed by atoms with E-state index in [1.807, 2.05) is 237 Å². The van der Waals surface area contributed by atoms with E-state index in [4.69, 9.17) is 90.0 Å². The van der Waals surface area contributed by atoms with Crippen molar-refractivity contribution in [3.05, 3.63) is 215 Å². The number of hydrogen-bond donors (Lipinski definition) is 5. The molecule has 13 rings (SSSR count). The van der Waals surface area contributed by atoms with Gasteiger partial charge in [0.05, 0.1) is 90.0 Å². The summed E-state index contributed by atoms with van der Waals surface area (Å²) in [5.41, 5.74) is 5.22. The molecule has 27 heteroatoms. The first-order chi connectivity index (χ1) is 59.2. The summed E-state index contributed by atoms with van der Waals surface area (Å²) in [5.74, 6) is -3.31. The van der Waals surface area contributed by atoms with Gasteiger partial charge < -0.3 is 116 Å². The molecule has 122 heavy (non-hydrogen) atoms. The smallest absolute Gasteiger partial charge is 0.407 e. The highest BCUT2D eigenvalue weighted by Gasteiger charge is 2.60. The Bertz CT molecular complexity index is 4080. The predicted octanol–water partition coefficient (Wildman–Crippen LogP) is 11.9. The molecule has 6 aromatic rings. The minimum atomic E-state index is -1.41. The number of benzene rings is 6. The first-order valence-electron chi connectivity index (χ1n) is 43.7. The number of fused-ring (bicyclic) bond motifs is 1. The maximum absolute atomic E-state index is 14.5. The van der Waals surface area contributed by atoms with Gasteiger partial charge in [-0.1, -0.05) is 244 Å². The molecule has 7 aliphatic rings. The SMILES string of the molecule is CCC1O[C@@H](O[C@@H]2C(NC(C)=O)[C@H](O[C@@H]3C(COCc4ccccc4)O[C@H](O[C@@H]4C(COCc5ccccc5)O[C@@H](O[C@@H]5C(OCc6ccccc6)[C@@H](OCCCNC(=O)OCc6ccccc6)OC(CC)[C@H]5C)C(NC(C)=O)[C@H]4O[C@@H]4OC(COCc5ccccc5)[C@@H](C)[C@H](C)C4O)C(C)[C@H]3C)OC3COC(c4ccccc4)O[C@@H]32)C(O)[C@@H](C)[C@@H]1C. The van der Waals surface area contributed by atoms with Crippen LogP contribution in [0.5, 0.6) is 0 Å². The molecule has 7 saturated heterocycles. The largest absolute Gasteiger partial charge is 0.445 e. The fraction of sp³-hybridized carbons (Fsp3) is 0.589. The topological polar surface area (TPSA) is 303 Å². The number of aliphatic hydroxyl groups is 2. The van der Waals surface area contributed by atoms with E-state index < -0.39 is 183 Å². The van der Waals surface area contributed by atoms with Crippen molar-refractivity contribution in [1.29, 1.82) is 0 Å². The molecule has 666 valence electrons. The molecule has 27 nitrogen and oxygen atoms in total. The fourth-order valence-corrected chi connectivity index (χ4v) is 17.5. The van der Waals surface area contributed by atoms with Crippen molar-refractivity contribution in [2.45, 2.75) is 276 Å². The second kappa shape index (κ2) is 45.2. The summed E-state index contributed by atoms with van der Waals surface area (Å²) in [6.45, 7) is 22.1. The summed E-state index contributed by atoms with van der Waals surface area (Å²) >= 11 is 0. The molecule has 7 fully saturated rings. The van der Waals surface area contributed by atoms with Crippen molar-refractivity contribution >= 4 is 17.9 Å². The number of aliphatic hydroxyl groups excluding tert-OH is 2. The zero-order chi connectivity index (χ0) is 85.8. The Morgan fingerprint density at radius 2 is 0.803 bits per heavy atom. The van der Waals surface area contributed by atoms with E-state index in [0.717, 1.165) is 33.4 Å². The molecule has 31 atom stereocenters. The average molecular weight is 1700 g/mol. The third kappa shape index (κ3) is 24.1. The van der Waals surface area contributed by atoms with E-state index in [1.165, 1.54) is 13.8 Å². The molecule has 5 N–H and O–H groups in total. The van der Waals surface area contributed by atoms with Crippen LogP contribution in [0.15, 0.2) is 182 Å². The Kier molecular flexibility index (Phi) is 34.3. The number of carbonyl (C=O) groups excluding carboxylic acids is 3. The predicted molar refractivity (Wildman–Crippen MR) is 447 cm³/mol. The van der Waals surface area contributed by atoms with Crippen molar-refractivity contribution in [1.82, 2.24) is 16.0 Å². The lowest BCUT2D eigenvalue weighted by molar-refractivity contribution is -0.394. The monoisotopic (exact) mass is 1690 g/mol. The average Bonchev–Trinajstić information content (AvgIpc) is 0.755. The summed E-state index contributed by atoms with van der Waals surface area (Å²) in [7, 11) is 0. The van der Waals surface area contributed by atoms with Gasteiger partial charge in [0.1, 0.15) is 79.7 Å². The molecule has 13 unspecified atom stereocenters. The van der Waals surface area contributed by atoms with Crippen LogP contribution < -0.4 is 16.0 Å². The lowest BCUT2D eigenvalue weighted by atomic mass is 9.82. The minimum Gasteiger partial charge on any atom is -0.445 e. The quantitative estimate of drug-likeness (QED) is 0.0226. The maximum Gasteiger partial charge on any atom is 0.407 e. The summed E-state index contributed by atoms with van der Waals surface area (Å²) in [6, 6.07) is 55.6. The van der Waals surface area contributed by atoms with Gasteiger partial charge in [0.2, 0.25) is 11.8 Å². The number of nitrogens with one attached hydrogen (secondary N) is 3. The number of ether oxygens (including phenoxy) is 19. The lowest BCUT2D eigenvalue weighted by Gasteiger charge is -2.54. The highest BCUT2D eigenvalue weighted by atomic mass is 16.8. The first kappa shape index (κ1) is 92.4. The van der Waals surface area contributed by atoms with Crippen molar-refractivity contribution < 1.29 is 115 Å². The molecule has 0 saturated carbocycles. The molecule has 7 aliphatic heterocycles. The molecular weight excluding hydrogens is 1570 g/mol. The van der Waals surface area contributed by atoms with E-state index in [-0.39, 0.29) is 89.9 Å². The summed E-state index contributed by atoms with van der Waals surface area (Å²) < 4.78 is 132. The van der Waals surface area contributed by atoms with Gasteiger partial charge >= 0.3 is 6.09 Å². The first-order valence-corrected chi connectivity index (χ1v) is 43.7. The van der Waals surface area contributed by atoms with Crippen LogP contribution in [0.4, 0.5) is 4.79 Å². The minimum absolute atomic E-state index is 0.000671. The summed E-state index contributed by atoms with van der Waals surface area (Å²) in [6.07, 6.45) is -21.2. The van der Waals surface area contributed by atoms with Crippen molar-refractivity contribution in [3.8, 4) is 0 Å². The van der Waals surface area contributed by atoms with Gasteiger partial charge in [0, 0.05) is 37.8 Å². The van der Waals surface area contributed by atoms with Gasteiger partial charge in [-0.25, -0.2) is 4.79 Å². The second-order valence-corrected chi connectivity index (χ2v) is 33.7. The number of carbonyl (C=O) groups is 3. The number of rotatable bonds is 37. The maximum atomic E-state index is 14.5. The van der Waals surface area contributed by atoms with Crippen molar-refractivity contribution in [2.24, 2.45) is 41.4 Å². The lowest BCUT2D eigenvalue weighted by Crippen LogP contribution is -2.70. The highest BCUT2D eigenvalue weighted by molar-refractivity contribution is 5.73. The molecule has 0 spiro atoms. The van der Waals surface area contributed by atoms with Crippen LogP contribution >= 0.6 is 0 Å². The molecule has 0 radical (unpaired) electrons. The van der Waals surface area contributed by atoms with E-state index in [1.54, 1.807) is 0 Å². The van der Waals surface area contributed by atoms with Gasteiger partial charge in [0.15, 0.2) is 44.0 Å². The van der Waals surface area contributed by atoms with Crippen LogP contribution in [-0.2, 0) is 133 Å². The third-order valence-electron chi connectivity index (χ3n) is 25.2. The van der Waals surface area contributed by atoms with E-state index in [0.29, 0.717) is 25.9 Å². The molecule has 0 aliphatic carbocycles. The number of alkyl carbamates (subject to hydrolysis) is 1. The summed E-state index contributed by atoms with van der Waals surface area (Å²) in [4.78, 5) is 41.3. The fourth-order valence-electron chi connectivity index (χ4n) is 17.5. The Labute approximate surface area is 717 Å². The standard InChI is InChI=1S/C95H127N3O24/c1-12-71-56(3)58(5)79(101)92(111-71)121-86-77(97-63(10)99)90(116-76-55-109-89(120-84(76)86)70-43-30-19-31-44-70)117-81-60(7)61(8)88(114-74(81)53-105-48-66-35-22-15-23-36-66)119-83-75(54-106-49-67-37-24-16-25-38-67)115-91(78(98-64(11)100)85(83)122-93-80(102)59(6)57(4)73(113-93)52-104-47-65-33-20-14-21-34-65)118-82-62(9)72(13-2)112-94(87(82)108-50-68-39-26-17-27-40-68)107-46-32-45-96-95(103)110-51-69-41-28-18-29-42-69/h14-31,33-44,56-62,71-94,101-102H,12-13,32,45-55H2,1-11H3,(H,96,103)(H,97,99)(H,98,100)/t56-,57-,58-,59-,60+,61?,62+,71?,72?,73?,74?,75?,76?,77?,78?,79?,80?,81-,82-,83+,84-,85+,86+,87?,88+,89?,90-,91-,92-,93-,94-/m0/s1. The van der Waals surface area contributed by atoms with E-state index in [9.17, 15) is 24.6 Å². The van der Waals surface area contributed by atoms with Crippen LogP contribution in [0.25, 0.3) is 0 Å². The highest BCUT2D eigenvalue weighted by Crippen LogP contribution is 2.45. The second-order valence-electron chi connectivity index (χ2n) is 33.7. The third-order valence-corrected chi connectivity index (χ3v) is 25.2. The Morgan fingerprint density at radius 3 is 1.34 bits per heavy atom. The molecule has 6 aromatic carbocycles. The van der Waals surface area contributed by atoms with Gasteiger partial charge in [0.25, 0.3) is 0 Å². The van der Waals surface area contributed by atoms with Crippen LogP contribution in [0, 0.1) is 41.4 Å².